The average molecular weight is 570 g/mol. The minimum absolute atomic E-state index is 0.0257. The van der Waals surface area contributed by atoms with Crippen LogP contribution in [0.25, 0.3) is 0 Å². The van der Waals surface area contributed by atoms with E-state index in [2.05, 4.69) is 32.6 Å². The van der Waals surface area contributed by atoms with Crippen LogP contribution in [0, 0.1) is 0 Å². The smallest absolute Gasteiger partial charge is 0.481 e. The number of aromatic nitrogens is 2. The fourth-order valence-corrected chi connectivity index (χ4v) is 2.98. The van der Waals surface area contributed by atoms with Crippen LogP contribution >= 0.6 is 34.2 Å². The van der Waals surface area contributed by atoms with Crippen molar-refractivity contribution in [1.29, 1.82) is 0 Å². The molecule has 0 aliphatic heterocycles. The molecule has 0 amide bonds. The molecule has 8 nitrogen and oxygen atoms in total. The fraction of sp³-hybridized carbons (Fsp3) is 0.333. The Labute approximate surface area is 184 Å². The van der Waals surface area contributed by atoms with E-state index >= 15 is 0 Å². The first kappa shape index (κ1) is 25.3. The van der Waals surface area contributed by atoms with Gasteiger partial charge in [0.1, 0.15) is 5.69 Å². The molecule has 0 saturated carbocycles. The highest BCUT2D eigenvalue weighted by atomic mass is 127. The highest BCUT2D eigenvalue weighted by Gasteiger charge is 2.50. The van der Waals surface area contributed by atoms with Crippen molar-refractivity contribution in [2.45, 2.75) is 5.51 Å². The molecular weight excluding hydrogens is 554 g/mol. The first-order valence-corrected chi connectivity index (χ1v) is 11.3. The number of halogens is 5. The van der Waals surface area contributed by atoms with E-state index in [9.17, 15) is 21.6 Å². The van der Waals surface area contributed by atoms with Crippen molar-refractivity contribution in [3.05, 3.63) is 29.3 Å². The molecule has 0 radical (unpaired) electrons. The molecule has 2 aromatic rings. The minimum atomic E-state index is -5.71. The number of para-hydroxylation sites is 1. The maximum Gasteiger partial charge on any atom is 0.516 e. The van der Waals surface area contributed by atoms with E-state index in [4.69, 9.17) is 25.8 Å². The molecule has 1 aromatic carbocycles. The van der Waals surface area contributed by atoms with E-state index < -0.39 is 21.2 Å². The number of benzene rings is 1. The van der Waals surface area contributed by atoms with Crippen molar-refractivity contribution in [1.82, 2.24) is 9.97 Å². The summed E-state index contributed by atoms with van der Waals surface area (Å²) in [6.07, 6.45) is 0. The molecule has 0 N–H and O–H groups in total. The first-order chi connectivity index (χ1) is 13.5. The quantitative estimate of drug-likeness (QED) is 0.379. The van der Waals surface area contributed by atoms with Gasteiger partial charge in [-0.25, -0.2) is 0 Å². The number of anilines is 1. The zero-order chi connectivity index (χ0) is 22.4. The number of hydrogen-bond donors (Lipinski definition) is 0. The molecule has 14 heteroatoms. The standard InChI is InChI=1S/C14H13ClF3N3O5S.CH3I/c1-21(27(22,23)14(16,17)18)12-8(15)5-4-6-9(12)26-13-19-10(24-2)7-11(20-13)25-3;1-2/h4-7H,1-3H3;1H3. The molecular formula is C15H16ClF3IN3O5S. The third-order valence-corrected chi connectivity index (χ3v) is 4.99. The lowest BCUT2D eigenvalue weighted by Gasteiger charge is -2.23. The summed E-state index contributed by atoms with van der Waals surface area (Å²) in [6, 6.07) is 4.75. The van der Waals surface area contributed by atoms with Crippen molar-refractivity contribution in [2.24, 2.45) is 0 Å². The third kappa shape index (κ3) is 5.88. The molecule has 1 aromatic heterocycles. The first-order valence-electron chi connectivity index (χ1n) is 7.37. The molecule has 1 heterocycles. The van der Waals surface area contributed by atoms with Crippen molar-refractivity contribution in [3.8, 4) is 23.5 Å². The molecule has 2 rings (SSSR count). The molecule has 0 bridgehead atoms. The predicted molar refractivity (Wildman–Crippen MR) is 110 cm³/mol. The Balaban J connectivity index is 0.00000204. The second-order valence-electron chi connectivity index (χ2n) is 4.84. The van der Waals surface area contributed by atoms with E-state index in [1.165, 1.54) is 38.5 Å². The average Bonchev–Trinajstić information content (AvgIpc) is 2.68. The van der Waals surface area contributed by atoms with Crippen LogP contribution in [0.15, 0.2) is 24.3 Å². The van der Waals surface area contributed by atoms with Crippen LogP contribution < -0.4 is 18.5 Å². The van der Waals surface area contributed by atoms with E-state index in [0.717, 1.165) is 0 Å². The van der Waals surface area contributed by atoms with Gasteiger partial charge in [0.2, 0.25) is 11.8 Å². The van der Waals surface area contributed by atoms with Gasteiger partial charge in [0.05, 0.1) is 25.3 Å². The van der Waals surface area contributed by atoms with E-state index in [0.29, 0.717) is 7.05 Å². The van der Waals surface area contributed by atoms with Gasteiger partial charge in [-0.2, -0.15) is 31.6 Å². The van der Waals surface area contributed by atoms with Gasteiger partial charge >= 0.3 is 21.5 Å². The van der Waals surface area contributed by atoms with Crippen molar-refractivity contribution >= 4 is 49.9 Å². The highest BCUT2D eigenvalue weighted by molar-refractivity contribution is 14.1. The van der Waals surface area contributed by atoms with E-state index in [1.54, 1.807) is 0 Å². The molecule has 0 fully saturated rings. The van der Waals surface area contributed by atoms with E-state index in [1.807, 2.05) is 4.93 Å². The maximum absolute atomic E-state index is 12.9. The minimum Gasteiger partial charge on any atom is -0.481 e. The van der Waals surface area contributed by atoms with Crippen LogP contribution in [-0.2, 0) is 10.0 Å². The van der Waals surface area contributed by atoms with Gasteiger partial charge in [-0.05, 0) is 17.1 Å². The number of methoxy groups -OCH3 is 2. The molecule has 0 atom stereocenters. The normalized spacial score (nSPS) is 11.2. The fourth-order valence-electron chi connectivity index (χ4n) is 1.90. The third-order valence-electron chi connectivity index (χ3n) is 3.20. The van der Waals surface area contributed by atoms with Gasteiger partial charge < -0.3 is 14.2 Å². The largest absolute Gasteiger partial charge is 0.516 e. The zero-order valence-electron chi connectivity index (χ0n) is 15.5. The van der Waals surface area contributed by atoms with Gasteiger partial charge in [-0.15, -0.1) is 0 Å². The maximum atomic E-state index is 12.9. The van der Waals surface area contributed by atoms with Gasteiger partial charge in [-0.3, -0.25) is 4.31 Å². The molecule has 0 spiro atoms. The molecule has 29 heavy (non-hydrogen) atoms. The number of ether oxygens (including phenoxy) is 3. The van der Waals surface area contributed by atoms with Crippen molar-refractivity contribution < 1.29 is 35.8 Å². The van der Waals surface area contributed by atoms with Crippen LogP contribution in [0.4, 0.5) is 18.9 Å². The Bertz CT molecular complexity index is 925. The van der Waals surface area contributed by atoms with Gasteiger partial charge in [0.25, 0.3) is 0 Å². The summed E-state index contributed by atoms with van der Waals surface area (Å²) in [5.74, 6) is -0.221. The predicted octanol–water partition coefficient (Wildman–Crippen LogP) is 4.28. The SMILES string of the molecule is CI.COc1cc(OC)nc(Oc2cccc(Cl)c2N(C)S(=O)(=O)C(F)(F)F)n1. The Hall–Kier alpha value is -1.74. The lowest BCUT2D eigenvalue weighted by atomic mass is 10.3. The molecule has 0 saturated heterocycles. The topological polar surface area (TPSA) is 90.9 Å². The lowest BCUT2D eigenvalue weighted by molar-refractivity contribution is -0.0437. The second kappa shape index (κ2) is 10.3. The lowest BCUT2D eigenvalue weighted by Crippen LogP contribution is -2.38. The second-order valence-corrected chi connectivity index (χ2v) is 7.21. The van der Waals surface area contributed by atoms with Crippen LogP contribution in [-0.4, -0.2) is 50.1 Å². The number of nitrogens with zero attached hydrogens (tertiary/aromatic N) is 3. The van der Waals surface area contributed by atoms with Crippen LogP contribution in [0.3, 0.4) is 0 Å². The van der Waals surface area contributed by atoms with Crippen LogP contribution in [0.5, 0.6) is 23.5 Å². The van der Waals surface area contributed by atoms with Gasteiger partial charge in [0, 0.05) is 7.05 Å². The molecule has 162 valence electrons. The van der Waals surface area contributed by atoms with Crippen molar-refractivity contribution in [2.75, 3.05) is 30.5 Å². The van der Waals surface area contributed by atoms with Crippen LogP contribution in [0.1, 0.15) is 0 Å². The van der Waals surface area contributed by atoms with Gasteiger partial charge in [0.15, 0.2) is 5.75 Å². The summed E-state index contributed by atoms with van der Waals surface area (Å²) in [6.45, 7) is 0. The highest BCUT2D eigenvalue weighted by Crippen LogP contribution is 2.41. The Morgan fingerprint density at radius 2 is 1.62 bits per heavy atom. The summed E-state index contributed by atoms with van der Waals surface area (Å²) >= 11 is 8.07. The number of alkyl halides is 4. The van der Waals surface area contributed by atoms with Crippen molar-refractivity contribution in [3.63, 3.8) is 0 Å². The summed E-state index contributed by atoms with van der Waals surface area (Å²) in [5.41, 5.74) is -6.07. The molecule has 0 aliphatic rings. The number of rotatable bonds is 6. The molecule has 0 unspecified atom stereocenters. The zero-order valence-corrected chi connectivity index (χ0v) is 19.2. The van der Waals surface area contributed by atoms with E-state index in [-0.39, 0.29) is 32.8 Å². The monoisotopic (exact) mass is 569 g/mol. The Morgan fingerprint density at radius 3 is 2.07 bits per heavy atom. The summed E-state index contributed by atoms with van der Waals surface area (Å²) < 4.78 is 77.3. The molecule has 0 aliphatic carbocycles. The summed E-state index contributed by atoms with van der Waals surface area (Å²) in [7, 11) is -2.38. The Kier molecular flexibility index (Phi) is 9.02. The van der Waals surface area contributed by atoms with Crippen LogP contribution in [0.2, 0.25) is 5.02 Å². The Morgan fingerprint density at radius 1 is 1.10 bits per heavy atom. The summed E-state index contributed by atoms with van der Waals surface area (Å²) in [4.78, 5) is 9.70. The number of sulfonamides is 1. The van der Waals surface area contributed by atoms with Gasteiger partial charge in [-0.1, -0.05) is 40.3 Å². The summed E-state index contributed by atoms with van der Waals surface area (Å²) in [5, 5.41) is -0.294. The number of hydrogen-bond acceptors (Lipinski definition) is 7.